The van der Waals surface area contributed by atoms with Gasteiger partial charge in [-0.05, 0) is 48.4 Å². The highest BCUT2D eigenvalue weighted by molar-refractivity contribution is 9.10. The van der Waals surface area contributed by atoms with Crippen LogP contribution in [0.1, 0.15) is 32.3 Å². The van der Waals surface area contributed by atoms with E-state index in [1.807, 2.05) is 6.07 Å². The minimum absolute atomic E-state index is 0.471. The van der Waals surface area contributed by atoms with E-state index in [-0.39, 0.29) is 0 Å². The highest BCUT2D eigenvalue weighted by Crippen LogP contribution is 2.49. The summed E-state index contributed by atoms with van der Waals surface area (Å²) in [4.78, 5) is 0. The van der Waals surface area contributed by atoms with Crippen LogP contribution in [0.3, 0.4) is 0 Å². The molecule has 0 aliphatic heterocycles. The Morgan fingerprint density at radius 1 is 1.39 bits per heavy atom. The molecule has 1 aliphatic rings. The number of ether oxygens (including phenoxy) is 1. The highest BCUT2D eigenvalue weighted by atomic mass is 79.9. The molecule has 2 rings (SSSR count). The lowest BCUT2D eigenvalue weighted by atomic mass is 9.96. The fraction of sp³-hybridized carbons (Fsp3) is 0.600. The van der Waals surface area contributed by atoms with Crippen molar-refractivity contribution >= 4 is 15.9 Å². The fourth-order valence-electron chi connectivity index (χ4n) is 2.23. The number of hydrogen-bond donors (Lipinski definition) is 1. The maximum Gasteiger partial charge on any atom is 0.119 e. The number of methoxy groups -OCH3 is 1. The summed E-state index contributed by atoms with van der Waals surface area (Å²) in [7, 11) is 1.72. The van der Waals surface area contributed by atoms with E-state index >= 15 is 0 Å². The fourth-order valence-corrected chi connectivity index (χ4v) is 2.62. The van der Waals surface area contributed by atoms with Crippen LogP contribution in [0.25, 0.3) is 0 Å². The van der Waals surface area contributed by atoms with E-state index in [2.05, 4.69) is 47.2 Å². The molecule has 0 aromatic heterocycles. The largest absolute Gasteiger partial charge is 0.497 e. The molecular formula is C15H22BrNO. The predicted octanol–water partition coefficient (Wildman–Crippen LogP) is 3.78. The van der Waals surface area contributed by atoms with Crippen LogP contribution in [0.2, 0.25) is 0 Å². The second-order valence-corrected chi connectivity index (χ2v) is 6.52. The third-order valence-electron chi connectivity index (χ3n) is 3.66. The molecule has 0 unspecified atom stereocenters. The van der Waals surface area contributed by atoms with Gasteiger partial charge in [-0.2, -0.15) is 0 Å². The lowest BCUT2D eigenvalue weighted by molar-refractivity contribution is 0.410. The molecule has 3 heteroatoms. The predicted molar refractivity (Wildman–Crippen MR) is 79.2 cm³/mol. The van der Waals surface area contributed by atoms with E-state index in [1.54, 1.807) is 7.11 Å². The first kappa shape index (κ1) is 13.9. The van der Waals surface area contributed by atoms with Crippen LogP contribution in [-0.4, -0.2) is 19.7 Å². The molecule has 0 radical (unpaired) electrons. The summed E-state index contributed by atoms with van der Waals surface area (Å²) >= 11 is 3.64. The van der Waals surface area contributed by atoms with Gasteiger partial charge in [0.05, 0.1) is 7.11 Å². The van der Waals surface area contributed by atoms with Crippen molar-refractivity contribution < 1.29 is 4.74 Å². The third kappa shape index (κ3) is 3.48. The molecule has 1 N–H and O–H groups in total. The van der Waals surface area contributed by atoms with Crippen LogP contribution in [-0.2, 0) is 6.42 Å². The first-order valence-corrected chi connectivity index (χ1v) is 7.40. The van der Waals surface area contributed by atoms with Gasteiger partial charge in [-0.3, -0.25) is 0 Å². The monoisotopic (exact) mass is 311 g/mol. The van der Waals surface area contributed by atoms with Crippen LogP contribution >= 0.6 is 15.9 Å². The Morgan fingerprint density at radius 2 is 2.11 bits per heavy atom. The average molecular weight is 312 g/mol. The van der Waals surface area contributed by atoms with Gasteiger partial charge in [0.15, 0.2) is 0 Å². The molecule has 0 atom stereocenters. The molecule has 0 spiro atoms. The minimum atomic E-state index is 0.471. The van der Waals surface area contributed by atoms with Crippen molar-refractivity contribution in [3.8, 4) is 5.75 Å². The molecule has 100 valence electrons. The van der Waals surface area contributed by atoms with Crippen LogP contribution in [0, 0.1) is 5.41 Å². The Balaban J connectivity index is 2.04. The quantitative estimate of drug-likeness (QED) is 0.863. The molecule has 1 aromatic carbocycles. The Hall–Kier alpha value is -0.540. The summed E-state index contributed by atoms with van der Waals surface area (Å²) < 4.78 is 6.50. The first-order chi connectivity index (χ1) is 8.54. The Labute approximate surface area is 118 Å². The second kappa shape index (κ2) is 5.62. The van der Waals surface area contributed by atoms with Gasteiger partial charge in [0.1, 0.15) is 5.75 Å². The zero-order valence-corrected chi connectivity index (χ0v) is 13.0. The second-order valence-electron chi connectivity index (χ2n) is 5.67. The number of nitrogens with one attached hydrogen (secondary N) is 1. The van der Waals surface area contributed by atoms with Crippen molar-refractivity contribution in [1.29, 1.82) is 0 Å². The number of benzene rings is 1. The van der Waals surface area contributed by atoms with Gasteiger partial charge in [0, 0.05) is 17.1 Å². The van der Waals surface area contributed by atoms with Crippen LogP contribution < -0.4 is 10.1 Å². The van der Waals surface area contributed by atoms with Crippen LogP contribution in [0.15, 0.2) is 22.7 Å². The lowest BCUT2D eigenvalue weighted by Gasteiger charge is -2.19. The van der Waals surface area contributed by atoms with Gasteiger partial charge in [0.25, 0.3) is 0 Å². The van der Waals surface area contributed by atoms with Gasteiger partial charge in [-0.25, -0.2) is 0 Å². The van der Waals surface area contributed by atoms with Gasteiger partial charge in [0.2, 0.25) is 0 Å². The summed E-state index contributed by atoms with van der Waals surface area (Å²) in [6.07, 6.45) is 3.79. The Bertz CT molecular complexity index is 413. The smallest absolute Gasteiger partial charge is 0.119 e. The summed E-state index contributed by atoms with van der Waals surface area (Å²) in [6, 6.07) is 6.80. The van der Waals surface area contributed by atoms with Crippen molar-refractivity contribution in [3.05, 3.63) is 28.2 Å². The molecule has 0 saturated heterocycles. The van der Waals surface area contributed by atoms with E-state index in [1.165, 1.54) is 22.9 Å². The van der Waals surface area contributed by atoms with E-state index in [9.17, 15) is 0 Å². The zero-order valence-electron chi connectivity index (χ0n) is 11.4. The zero-order chi connectivity index (χ0) is 13.2. The van der Waals surface area contributed by atoms with Crippen molar-refractivity contribution in [2.75, 3.05) is 13.7 Å². The maximum absolute atomic E-state index is 5.31. The van der Waals surface area contributed by atoms with Gasteiger partial charge in [-0.1, -0.05) is 29.8 Å². The standard InChI is InChI=1S/C15H22BrNO/c1-11(2)17-10-15(6-7-15)9-12-8-13(18-3)4-5-14(12)16/h4-5,8,11,17H,6-7,9-10H2,1-3H3. The van der Waals surface area contributed by atoms with Crippen molar-refractivity contribution in [1.82, 2.24) is 5.32 Å². The molecule has 0 amide bonds. The average Bonchev–Trinajstić information content (AvgIpc) is 3.10. The highest BCUT2D eigenvalue weighted by Gasteiger charge is 2.42. The van der Waals surface area contributed by atoms with Crippen LogP contribution in [0.4, 0.5) is 0 Å². The molecule has 2 nitrogen and oxygen atoms in total. The Morgan fingerprint density at radius 3 is 2.67 bits per heavy atom. The molecule has 1 saturated carbocycles. The molecule has 0 heterocycles. The normalized spacial score (nSPS) is 16.9. The summed E-state index contributed by atoms with van der Waals surface area (Å²) in [5.74, 6) is 0.945. The molecular weight excluding hydrogens is 290 g/mol. The van der Waals surface area contributed by atoms with Gasteiger partial charge < -0.3 is 10.1 Å². The SMILES string of the molecule is COc1ccc(Br)c(CC2(CNC(C)C)CC2)c1. The van der Waals surface area contributed by atoms with Crippen molar-refractivity contribution in [2.45, 2.75) is 39.2 Å². The summed E-state index contributed by atoms with van der Waals surface area (Å²) in [5.41, 5.74) is 1.83. The van der Waals surface area contributed by atoms with E-state index in [4.69, 9.17) is 4.74 Å². The minimum Gasteiger partial charge on any atom is -0.497 e. The number of hydrogen-bond acceptors (Lipinski definition) is 2. The number of rotatable bonds is 6. The van der Waals surface area contributed by atoms with Gasteiger partial charge >= 0.3 is 0 Å². The molecule has 1 aromatic rings. The lowest BCUT2D eigenvalue weighted by Crippen LogP contribution is -2.31. The maximum atomic E-state index is 5.31. The molecule has 1 aliphatic carbocycles. The van der Waals surface area contributed by atoms with Crippen molar-refractivity contribution in [3.63, 3.8) is 0 Å². The van der Waals surface area contributed by atoms with Gasteiger partial charge in [-0.15, -0.1) is 0 Å². The van der Waals surface area contributed by atoms with Crippen molar-refractivity contribution in [2.24, 2.45) is 5.41 Å². The molecule has 18 heavy (non-hydrogen) atoms. The number of halogens is 1. The topological polar surface area (TPSA) is 21.3 Å². The molecule has 0 bridgehead atoms. The summed E-state index contributed by atoms with van der Waals surface area (Å²) in [6.45, 7) is 5.53. The Kier molecular flexibility index (Phi) is 4.33. The van der Waals surface area contributed by atoms with Crippen LogP contribution in [0.5, 0.6) is 5.75 Å². The summed E-state index contributed by atoms with van der Waals surface area (Å²) in [5, 5.41) is 3.57. The van der Waals surface area contributed by atoms with E-state index in [0.717, 1.165) is 18.7 Å². The van der Waals surface area contributed by atoms with E-state index in [0.29, 0.717) is 11.5 Å². The molecule has 1 fully saturated rings. The first-order valence-electron chi connectivity index (χ1n) is 6.60. The van der Waals surface area contributed by atoms with E-state index < -0.39 is 0 Å². The third-order valence-corrected chi connectivity index (χ3v) is 4.43.